The molecule has 0 saturated carbocycles. The zero-order valence-corrected chi connectivity index (χ0v) is 11.0. The average molecular weight is 367 g/mol. The molecule has 0 amide bonds. The predicted octanol–water partition coefficient (Wildman–Crippen LogP) is 3.43. The summed E-state index contributed by atoms with van der Waals surface area (Å²) in [5.74, 6) is 0.615. The second kappa shape index (κ2) is 5.50. The number of carbonyl (C=O) groups is 1. The molecule has 4 heteroatoms. The lowest BCUT2D eigenvalue weighted by Gasteiger charge is -2.08. The largest absolute Gasteiger partial charge is 0.488 e. The molecule has 0 aliphatic carbocycles. The highest BCUT2D eigenvalue weighted by Gasteiger charge is 2.08. The predicted molar refractivity (Wildman–Crippen MR) is 67.9 cm³/mol. The van der Waals surface area contributed by atoms with Crippen molar-refractivity contribution >= 4 is 44.8 Å². The van der Waals surface area contributed by atoms with Gasteiger partial charge < -0.3 is 4.74 Å². The van der Waals surface area contributed by atoms with E-state index in [2.05, 4.69) is 45.1 Å². The average Bonchev–Trinajstić information content (AvgIpc) is 2.15. The van der Waals surface area contributed by atoms with E-state index in [9.17, 15) is 4.79 Å². The van der Waals surface area contributed by atoms with Crippen molar-refractivity contribution in [3.63, 3.8) is 0 Å². The Hall–Kier alpha value is -0.360. The van der Waals surface area contributed by atoms with Crippen LogP contribution in [0.15, 0.2) is 29.3 Å². The molecule has 0 aliphatic rings. The third kappa shape index (κ3) is 2.81. The van der Waals surface area contributed by atoms with E-state index in [1.54, 1.807) is 12.1 Å². The molecule has 0 heterocycles. The summed E-state index contributed by atoms with van der Waals surface area (Å²) >= 11 is 5.44. The second-order valence-corrected chi connectivity index (χ2v) is 4.60. The highest BCUT2D eigenvalue weighted by Crippen LogP contribution is 2.28. The van der Waals surface area contributed by atoms with Gasteiger partial charge in [-0.2, -0.15) is 0 Å². The maximum absolute atomic E-state index is 10.8. The number of ether oxygens (including phenoxy) is 1. The topological polar surface area (TPSA) is 26.3 Å². The molecular weight excluding hydrogens is 359 g/mol. The number of hydrogen-bond acceptors (Lipinski definition) is 2. The minimum atomic E-state index is 0.401. The molecule has 2 nitrogen and oxygen atoms in total. The zero-order chi connectivity index (χ0) is 10.6. The summed E-state index contributed by atoms with van der Waals surface area (Å²) in [5.41, 5.74) is 0.547. The molecule has 14 heavy (non-hydrogen) atoms. The lowest BCUT2D eigenvalue weighted by molar-refractivity contribution is 0.112. The molecule has 0 fully saturated rings. The van der Waals surface area contributed by atoms with Crippen molar-refractivity contribution in [3.8, 4) is 5.75 Å². The summed E-state index contributed by atoms with van der Waals surface area (Å²) in [7, 11) is 0. The van der Waals surface area contributed by atoms with Crippen LogP contribution in [-0.4, -0.2) is 12.9 Å². The first-order valence-corrected chi connectivity index (χ1v) is 5.74. The van der Waals surface area contributed by atoms with Gasteiger partial charge in [-0.3, -0.25) is 4.79 Å². The molecule has 0 spiro atoms. The number of aldehydes is 1. The molecule has 0 unspecified atom stereocenters. The minimum absolute atomic E-state index is 0.401. The van der Waals surface area contributed by atoms with Crippen LogP contribution < -0.4 is 4.74 Å². The smallest absolute Gasteiger partial charge is 0.153 e. The van der Waals surface area contributed by atoms with Gasteiger partial charge in [-0.25, -0.2) is 0 Å². The van der Waals surface area contributed by atoms with Gasteiger partial charge in [0.15, 0.2) is 6.29 Å². The van der Waals surface area contributed by atoms with E-state index in [0.717, 1.165) is 14.3 Å². The maximum Gasteiger partial charge on any atom is 0.153 e. The molecule has 0 aromatic heterocycles. The van der Waals surface area contributed by atoms with Crippen molar-refractivity contribution in [3.05, 3.63) is 38.4 Å². The van der Waals surface area contributed by atoms with Crippen LogP contribution in [0.3, 0.4) is 0 Å². The third-order valence-electron chi connectivity index (χ3n) is 1.51. The number of hydrogen-bond donors (Lipinski definition) is 0. The van der Waals surface area contributed by atoms with E-state index in [1.807, 2.05) is 6.07 Å². The number of carbonyl (C=O) groups excluding carboxylic acids is 1. The van der Waals surface area contributed by atoms with Crippen molar-refractivity contribution in [2.24, 2.45) is 0 Å². The Morgan fingerprint density at radius 3 is 2.86 bits per heavy atom. The van der Waals surface area contributed by atoms with Gasteiger partial charge in [0.2, 0.25) is 0 Å². The molecule has 1 aromatic rings. The summed E-state index contributed by atoms with van der Waals surface area (Å²) in [6.45, 7) is 3.95. The van der Waals surface area contributed by atoms with Crippen LogP contribution >= 0.6 is 38.5 Å². The van der Waals surface area contributed by atoms with E-state index >= 15 is 0 Å². The Morgan fingerprint density at radius 1 is 1.57 bits per heavy atom. The number of rotatable bonds is 4. The van der Waals surface area contributed by atoms with Crippen molar-refractivity contribution < 1.29 is 9.53 Å². The van der Waals surface area contributed by atoms with E-state index in [-0.39, 0.29) is 0 Å². The lowest BCUT2D eigenvalue weighted by atomic mass is 10.2. The fraction of sp³-hybridized carbons (Fsp3) is 0.100. The van der Waals surface area contributed by atoms with E-state index in [4.69, 9.17) is 4.74 Å². The molecule has 1 rings (SSSR count). The fourth-order valence-corrected chi connectivity index (χ4v) is 2.67. The molecular formula is C10H8BrIO2. The van der Waals surface area contributed by atoms with Crippen LogP contribution in [0.4, 0.5) is 0 Å². The summed E-state index contributed by atoms with van der Waals surface area (Å²) in [4.78, 5) is 10.8. The molecule has 0 radical (unpaired) electrons. The Bertz CT molecular complexity index is 363. The molecule has 0 atom stereocenters. The van der Waals surface area contributed by atoms with Crippen LogP contribution in [0.5, 0.6) is 5.75 Å². The highest BCUT2D eigenvalue weighted by molar-refractivity contribution is 14.1. The van der Waals surface area contributed by atoms with Crippen molar-refractivity contribution in [1.82, 2.24) is 0 Å². The zero-order valence-electron chi connectivity index (χ0n) is 7.30. The summed E-state index contributed by atoms with van der Waals surface area (Å²) in [6.07, 6.45) is 2.43. The lowest BCUT2D eigenvalue weighted by Crippen LogP contribution is -1.99. The number of halogens is 2. The molecule has 1 aromatic carbocycles. The SMILES string of the molecule is C=CCOc1c(I)cc(Br)cc1C=O. The fourth-order valence-electron chi connectivity index (χ4n) is 0.962. The molecule has 0 saturated heterocycles. The summed E-state index contributed by atoms with van der Waals surface area (Å²) < 4.78 is 7.16. The van der Waals surface area contributed by atoms with Crippen LogP contribution in [-0.2, 0) is 0 Å². The Labute approximate surface area is 105 Å². The maximum atomic E-state index is 10.8. The quantitative estimate of drug-likeness (QED) is 0.463. The molecule has 0 N–H and O–H groups in total. The number of benzene rings is 1. The van der Waals surface area contributed by atoms with Gasteiger partial charge in [0, 0.05) is 4.47 Å². The highest BCUT2D eigenvalue weighted by atomic mass is 127. The Balaban J connectivity index is 3.11. The van der Waals surface area contributed by atoms with Gasteiger partial charge in [-0.1, -0.05) is 28.6 Å². The molecule has 0 bridgehead atoms. The second-order valence-electron chi connectivity index (χ2n) is 2.52. The molecule has 74 valence electrons. The summed E-state index contributed by atoms with van der Waals surface area (Å²) in [5, 5.41) is 0. The van der Waals surface area contributed by atoms with Gasteiger partial charge in [-0.15, -0.1) is 0 Å². The van der Waals surface area contributed by atoms with Crippen LogP contribution in [0.25, 0.3) is 0 Å². The van der Waals surface area contributed by atoms with Gasteiger partial charge in [0.25, 0.3) is 0 Å². The van der Waals surface area contributed by atoms with Crippen LogP contribution in [0.2, 0.25) is 0 Å². The van der Waals surface area contributed by atoms with E-state index in [1.165, 1.54) is 0 Å². The van der Waals surface area contributed by atoms with E-state index in [0.29, 0.717) is 17.9 Å². The van der Waals surface area contributed by atoms with Gasteiger partial charge in [-0.05, 0) is 34.7 Å². The van der Waals surface area contributed by atoms with E-state index < -0.39 is 0 Å². The third-order valence-corrected chi connectivity index (χ3v) is 2.77. The van der Waals surface area contributed by atoms with Gasteiger partial charge >= 0.3 is 0 Å². The Morgan fingerprint density at radius 2 is 2.29 bits per heavy atom. The van der Waals surface area contributed by atoms with Crippen LogP contribution in [0, 0.1) is 3.57 Å². The van der Waals surface area contributed by atoms with Crippen molar-refractivity contribution in [2.75, 3.05) is 6.61 Å². The van der Waals surface area contributed by atoms with Gasteiger partial charge in [0.1, 0.15) is 12.4 Å². The summed E-state index contributed by atoms with van der Waals surface area (Å²) in [6, 6.07) is 3.62. The van der Waals surface area contributed by atoms with Crippen molar-refractivity contribution in [2.45, 2.75) is 0 Å². The van der Waals surface area contributed by atoms with Crippen molar-refractivity contribution in [1.29, 1.82) is 0 Å². The first-order valence-electron chi connectivity index (χ1n) is 3.87. The first kappa shape index (κ1) is 11.7. The normalized spacial score (nSPS) is 9.57. The van der Waals surface area contributed by atoms with Crippen LogP contribution in [0.1, 0.15) is 10.4 Å². The minimum Gasteiger partial charge on any atom is -0.488 e. The monoisotopic (exact) mass is 366 g/mol. The first-order chi connectivity index (χ1) is 6.69. The molecule has 0 aliphatic heterocycles. The Kier molecular flexibility index (Phi) is 4.60. The van der Waals surface area contributed by atoms with Gasteiger partial charge in [0.05, 0.1) is 9.13 Å². The standard InChI is InChI=1S/C10H8BrIO2/c1-2-3-14-10-7(6-13)4-8(11)5-9(10)12/h2,4-6H,1,3H2.